The Labute approximate surface area is 200 Å². The van der Waals surface area contributed by atoms with Crippen molar-refractivity contribution in [3.63, 3.8) is 0 Å². The van der Waals surface area contributed by atoms with Gasteiger partial charge in [-0.05, 0) is 72.8 Å². The average molecular weight is 460 g/mol. The molecule has 3 rings (SSSR count). The van der Waals surface area contributed by atoms with Crippen molar-refractivity contribution >= 4 is 5.71 Å². The van der Waals surface area contributed by atoms with E-state index in [1.165, 1.54) is 31.3 Å². The van der Waals surface area contributed by atoms with Gasteiger partial charge in [-0.15, -0.1) is 0 Å². The number of hydrogen-bond donors (Lipinski definition) is 3. The summed E-state index contributed by atoms with van der Waals surface area (Å²) < 4.78 is 6.03. The molecule has 5 nitrogen and oxygen atoms in total. The van der Waals surface area contributed by atoms with Gasteiger partial charge in [-0.1, -0.05) is 64.1 Å². The molecule has 6 atom stereocenters. The predicted octanol–water partition coefficient (Wildman–Crippen LogP) is 5.66. The number of rotatable bonds is 6. The molecule has 0 aromatic rings. The van der Waals surface area contributed by atoms with Gasteiger partial charge in [-0.2, -0.15) is 0 Å². The molecule has 186 valence electrons. The van der Waals surface area contributed by atoms with E-state index in [0.29, 0.717) is 49.5 Å². The van der Waals surface area contributed by atoms with Crippen LogP contribution in [-0.4, -0.2) is 46.6 Å². The first kappa shape index (κ1) is 26.2. The summed E-state index contributed by atoms with van der Waals surface area (Å²) in [6.07, 6.45) is 10.2. The van der Waals surface area contributed by atoms with E-state index in [0.717, 1.165) is 17.6 Å². The molecule has 0 aromatic heterocycles. The maximum absolute atomic E-state index is 10.2. The van der Waals surface area contributed by atoms with Crippen molar-refractivity contribution in [1.82, 2.24) is 0 Å². The molecule has 3 aliphatic carbocycles. The van der Waals surface area contributed by atoms with Crippen molar-refractivity contribution in [3.8, 4) is 0 Å². The van der Waals surface area contributed by atoms with Crippen LogP contribution in [0.3, 0.4) is 0 Å². The maximum Gasteiger partial charge on any atom is 0.0887 e. The Kier molecular flexibility index (Phi) is 8.29. The quantitative estimate of drug-likeness (QED) is 0.272. The monoisotopic (exact) mass is 459 g/mol. The zero-order valence-electron chi connectivity index (χ0n) is 21.3. The van der Waals surface area contributed by atoms with Crippen LogP contribution in [0.2, 0.25) is 0 Å². The minimum Gasteiger partial charge on any atom is -0.411 e. The van der Waals surface area contributed by atoms with Crippen LogP contribution < -0.4 is 0 Å². The zero-order chi connectivity index (χ0) is 24.4. The maximum atomic E-state index is 10.2. The van der Waals surface area contributed by atoms with E-state index in [9.17, 15) is 15.4 Å². The molecule has 0 unspecified atom stereocenters. The largest absolute Gasteiger partial charge is 0.411 e. The highest BCUT2D eigenvalue weighted by Gasteiger charge is 2.50. The first-order chi connectivity index (χ1) is 15.5. The second-order valence-corrected chi connectivity index (χ2v) is 12.0. The van der Waals surface area contributed by atoms with E-state index in [-0.39, 0.29) is 10.8 Å². The lowest BCUT2D eigenvalue weighted by atomic mass is 9.61. The van der Waals surface area contributed by atoms with E-state index >= 15 is 0 Å². The lowest BCUT2D eigenvalue weighted by Crippen LogP contribution is -2.37. The molecule has 0 saturated heterocycles. The first-order valence-electron chi connectivity index (χ1n) is 12.7. The summed E-state index contributed by atoms with van der Waals surface area (Å²) in [5.74, 6) is 1.63. The normalized spacial score (nSPS) is 36.9. The molecule has 0 aromatic carbocycles. The van der Waals surface area contributed by atoms with Gasteiger partial charge in [0.05, 0.1) is 24.5 Å². The van der Waals surface area contributed by atoms with Gasteiger partial charge in [0.25, 0.3) is 0 Å². The van der Waals surface area contributed by atoms with Crippen LogP contribution in [0.15, 0.2) is 40.6 Å². The summed E-state index contributed by atoms with van der Waals surface area (Å²) in [7, 11) is 0. The van der Waals surface area contributed by atoms with Crippen LogP contribution in [0, 0.1) is 28.6 Å². The van der Waals surface area contributed by atoms with Crippen LogP contribution in [0.5, 0.6) is 0 Å². The summed E-state index contributed by atoms with van der Waals surface area (Å²) >= 11 is 0. The highest BCUT2D eigenvalue weighted by atomic mass is 16.5. The summed E-state index contributed by atoms with van der Waals surface area (Å²) in [5.41, 5.74) is 4.00. The Bertz CT molecular complexity index is 805. The number of aliphatic hydroxyl groups excluding tert-OH is 2. The molecule has 0 bridgehead atoms. The van der Waals surface area contributed by atoms with Gasteiger partial charge in [-0.25, -0.2) is 0 Å². The van der Waals surface area contributed by atoms with Crippen molar-refractivity contribution in [2.24, 2.45) is 33.7 Å². The second kappa shape index (κ2) is 10.5. The third-order valence-electron chi connectivity index (χ3n) is 8.59. The molecule has 33 heavy (non-hydrogen) atoms. The Hall–Kier alpha value is -1.43. The van der Waals surface area contributed by atoms with Crippen LogP contribution in [-0.2, 0) is 4.74 Å². The van der Waals surface area contributed by atoms with Crippen molar-refractivity contribution in [3.05, 3.63) is 35.5 Å². The van der Waals surface area contributed by atoms with Gasteiger partial charge >= 0.3 is 0 Å². The van der Waals surface area contributed by atoms with Gasteiger partial charge in [0.1, 0.15) is 0 Å². The van der Waals surface area contributed by atoms with E-state index in [2.05, 4.69) is 37.7 Å². The fourth-order valence-corrected chi connectivity index (χ4v) is 6.53. The van der Waals surface area contributed by atoms with Gasteiger partial charge in [0, 0.05) is 18.4 Å². The zero-order valence-corrected chi connectivity index (χ0v) is 21.3. The van der Waals surface area contributed by atoms with E-state index in [4.69, 9.17) is 4.74 Å². The average Bonchev–Trinajstić information content (AvgIpc) is 3.09. The third-order valence-corrected chi connectivity index (χ3v) is 8.59. The first-order valence-corrected chi connectivity index (χ1v) is 12.7. The molecule has 0 amide bonds. The Morgan fingerprint density at radius 3 is 2.67 bits per heavy atom. The number of fused-ring (bicyclic) bond motifs is 1. The molecule has 0 spiro atoms. The van der Waals surface area contributed by atoms with Crippen LogP contribution >= 0.6 is 0 Å². The predicted molar refractivity (Wildman–Crippen MR) is 133 cm³/mol. The lowest BCUT2D eigenvalue weighted by Gasteiger charge is -2.44. The fourth-order valence-electron chi connectivity index (χ4n) is 6.53. The standard InChI is InChI=1S/C28H45NO4/c1-18(16-33-17-26(29-32)27(3,4)5)23-11-12-24-20(8-7-13-28(23,24)6)9-10-21-14-22(30)15-25(31)19(21)2/h9-10,18,22-25,30-32H,2,7-8,11-17H2,1,3-6H3/b20-9-,21-10+,29-26-/t18-,22-,23-,24+,25+,28-/m1/s1. The van der Waals surface area contributed by atoms with E-state index in [1.807, 2.05) is 20.8 Å². The summed E-state index contributed by atoms with van der Waals surface area (Å²) in [5, 5.41) is 33.0. The molecule has 0 aliphatic heterocycles. The van der Waals surface area contributed by atoms with E-state index in [1.54, 1.807) is 0 Å². The SMILES string of the molecule is C=C1/C(=C/C=C2/CCC[C@]3(C)[C@@H]([C@H](C)COC/C(=N/O)C(C)(C)C)CC[C@@H]23)C[C@@H](O)C[C@@H]1O. The third kappa shape index (κ3) is 5.80. The van der Waals surface area contributed by atoms with Crippen molar-refractivity contribution in [2.75, 3.05) is 13.2 Å². The van der Waals surface area contributed by atoms with Gasteiger partial charge in [-0.3, -0.25) is 0 Å². The van der Waals surface area contributed by atoms with Crippen molar-refractivity contribution < 1.29 is 20.2 Å². The number of allylic oxidation sites excluding steroid dienone is 3. The second-order valence-electron chi connectivity index (χ2n) is 12.0. The molecule has 3 aliphatic rings. The Morgan fingerprint density at radius 2 is 2.00 bits per heavy atom. The Morgan fingerprint density at radius 1 is 1.27 bits per heavy atom. The summed E-state index contributed by atoms with van der Waals surface area (Å²) in [4.78, 5) is 0. The van der Waals surface area contributed by atoms with Gasteiger partial charge < -0.3 is 20.2 Å². The molecule has 0 radical (unpaired) electrons. The molecular formula is C28H45NO4. The summed E-state index contributed by atoms with van der Waals surface area (Å²) in [6, 6.07) is 0. The van der Waals surface area contributed by atoms with E-state index < -0.39 is 12.2 Å². The number of aliphatic hydroxyl groups is 2. The molecule has 0 heterocycles. The molecular weight excluding hydrogens is 414 g/mol. The van der Waals surface area contributed by atoms with Crippen LogP contribution in [0.4, 0.5) is 0 Å². The number of nitrogens with zero attached hydrogens (tertiary/aromatic N) is 1. The number of ether oxygens (including phenoxy) is 1. The van der Waals surface area contributed by atoms with Crippen LogP contribution in [0.1, 0.15) is 79.6 Å². The number of hydrogen-bond acceptors (Lipinski definition) is 5. The Balaban J connectivity index is 1.67. The van der Waals surface area contributed by atoms with Crippen molar-refractivity contribution in [1.29, 1.82) is 0 Å². The van der Waals surface area contributed by atoms with Gasteiger partial charge in [0.15, 0.2) is 0 Å². The number of oxime groups is 1. The molecule has 3 fully saturated rings. The smallest absolute Gasteiger partial charge is 0.0887 e. The van der Waals surface area contributed by atoms with Crippen LogP contribution in [0.25, 0.3) is 0 Å². The van der Waals surface area contributed by atoms with Crippen molar-refractivity contribution in [2.45, 2.75) is 91.8 Å². The molecule has 3 saturated carbocycles. The lowest BCUT2D eigenvalue weighted by molar-refractivity contribution is 0.0441. The molecule has 3 N–H and O–H groups in total. The highest BCUT2D eigenvalue weighted by Crippen LogP contribution is 2.59. The topological polar surface area (TPSA) is 82.3 Å². The van der Waals surface area contributed by atoms with Gasteiger partial charge in [0.2, 0.25) is 0 Å². The fraction of sp³-hybridized carbons (Fsp3) is 0.750. The minimum atomic E-state index is -0.638. The minimum absolute atomic E-state index is 0.199. The summed E-state index contributed by atoms with van der Waals surface area (Å²) in [6.45, 7) is 16.0. The molecule has 5 heteroatoms. The highest BCUT2D eigenvalue weighted by molar-refractivity contribution is 5.89.